The Bertz CT molecular complexity index is 1040. The summed E-state index contributed by atoms with van der Waals surface area (Å²) in [7, 11) is 0. The quantitative estimate of drug-likeness (QED) is 0.568. The van der Waals surface area contributed by atoms with Gasteiger partial charge >= 0.3 is 0 Å². The zero-order valence-corrected chi connectivity index (χ0v) is 15.1. The van der Waals surface area contributed by atoms with Crippen LogP contribution < -0.4 is 5.73 Å². The van der Waals surface area contributed by atoms with Gasteiger partial charge in [0, 0.05) is 11.1 Å². The Hall–Kier alpha value is -3.37. The maximum Gasteiger partial charge on any atom is 0.163 e. The van der Waals surface area contributed by atoms with Crippen LogP contribution in [0.1, 0.15) is 18.8 Å². The van der Waals surface area contributed by atoms with Crippen molar-refractivity contribution in [3.63, 3.8) is 0 Å². The normalized spacial score (nSPS) is 11.9. The fourth-order valence-electron chi connectivity index (χ4n) is 2.91. The molecule has 2 N–H and O–H groups in total. The molecule has 4 aromatic rings. The maximum absolute atomic E-state index is 6.08. The van der Waals surface area contributed by atoms with Gasteiger partial charge in [0.25, 0.3) is 0 Å². The summed E-state index contributed by atoms with van der Waals surface area (Å²) in [6.07, 6.45) is 0. The van der Waals surface area contributed by atoms with Crippen LogP contribution in [0.2, 0.25) is 0 Å². The highest BCUT2D eigenvalue weighted by Gasteiger charge is 2.13. The Morgan fingerprint density at radius 2 is 1.11 bits per heavy atom. The summed E-state index contributed by atoms with van der Waals surface area (Å²) in [5.74, 6) is 1.86. The molecule has 0 amide bonds. The fraction of sp³-hybridized carbons (Fsp3) is 0.0870. The molecule has 0 fully saturated rings. The lowest BCUT2D eigenvalue weighted by molar-refractivity contribution is 0.733. The van der Waals surface area contributed by atoms with Gasteiger partial charge in [-0.2, -0.15) is 0 Å². The van der Waals surface area contributed by atoms with Crippen molar-refractivity contribution in [3.05, 3.63) is 90.8 Å². The molecule has 1 unspecified atom stereocenters. The average molecular weight is 352 g/mol. The first-order chi connectivity index (χ1) is 13.2. The topological polar surface area (TPSA) is 64.7 Å². The summed E-state index contributed by atoms with van der Waals surface area (Å²) in [6.45, 7) is 1.88. The van der Waals surface area contributed by atoms with E-state index in [1.807, 2.05) is 67.6 Å². The molecular formula is C23H20N4. The van der Waals surface area contributed by atoms with Gasteiger partial charge in [0.1, 0.15) is 5.82 Å². The number of nitrogens with zero attached hydrogens (tertiary/aromatic N) is 3. The second-order valence-corrected chi connectivity index (χ2v) is 6.44. The molecule has 4 nitrogen and oxygen atoms in total. The van der Waals surface area contributed by atoms with Gasteiger partial charge in [-0.3, -0.25) is 0 Å². The van der Waals surface area contributed by atoms with E-state index >= 15 is 0 Å². The van der Waals surface area contributed by atoms with Crippen molar-refractivity contribution in [2.45, 2.75) is 13.0 Å². The van der Waals surface area contributed by atoms with E-state index in [2.05, 4.69) is 34.2 Å². The number of nitrogens with two attached hydrogens (primary N) is 1. The van der Waals surface area contributed by atoms with Gasteiger partial charge in [0.2, 0.25) is 0 Å². The summed E-state index contributed by atoms with van der Waals surface area (Å²) < 4.78 is 0. The monoisotopic (exact) mass is 352 g/mol. The average Bonchev–Trinajstić information content (AvgIpc) is 2.75. The van der Waals surface area contributed by atoms with Gasteiger partial charge in [-0.05, 0) is 24.1 Å². The molecule has 27 heavy (non-hydrogen) atoms. The first kappa shape index (κ1) is 17.1. The Morgan fingerprint density at radius 1 is 0.593 bits per heavy atom. The third-order valence-corrected chi connectivity index (χ3v) is 4.32. The summed E-state index contributed by atoms with van der Waals surface area (Å²) in [6, 6.07) is 28.1. The predicted molar refractivity (Wildman–Crippen MR) is 109 cm³/mol. The minimum Gasteiger partial charge on any atom is -0.322 e. The van der Waals surface area contributed by atoms with Crippen molar-refractivity contribution in [3.8, 4) is 33.9 Å². The Kier molecular flexibility index (Phi) is 4.73. The highest BCUT2D eigenvalue weighted by atomic mass is 15.0. The van der Waals surface area contributed by atoms with E-state index < -0.39 is 0 Å². The van der Waals surface area contributed by atoms with Crippen LogP contribution in [0.4, 0.5) is 0 Å². The lowest BCUT2D eigenvalue weighted by atomic mass is 10.0. The highest BCUT2D eigenvalue weighted by Crippen LogP contribution is 2.26. The van der Waals surface area contributed by atoms with E-state index in [-0.39, 0.29) is 6.04 Å². The number of hydrogen-bond acceptors (Lipinski definition) is 4. The Labute approximate surface area is 158 Å². The molecule has 0 saturated carbocycles. The van der Waals surface area contributed by atoms with Crippen LogP contribution in [0.15, 0.2) is 84.9 Å². The number of rotatable bonds is 4. The van der Waals surface area contributed by atoms with Crippen LogP contribution >= 0.6 is 0 Å². The smallest absolute Gasteiger partial charge is 0.163 e. The van der Waals surface area contributed by atoms with Crippen LogP contribution in [-0.2, 0) is 0 Å². The molecule has 1 aromatic heterocycles. The lowest BCUT2D eigenvalue weighted by Gasteiger charge is -2.10. The lowest BCUT2D eigenvalue weighted by Crippen LogP contribution is -2.12. The van der Waals surface area contributed by atoms with Crippen LogP contribution in [-0.4, -0.2) is 15.0 Å². The Balaban J connectivity index is 1.83. The van der Waals surface area contributed by atoms with Gasteiger partial charge in [-0.15, -0.1) is 0 Å². The van der Waals surface area contributed by atoms with Crippen molar-refractivity contribution >= 4 is 0 Å². The van der Waals surface area contributed by atoms with E-state index in [1.165, 1.54) is 0 Å². The molecule has 0 aliphatic heterocycles. The van der Waals surface area contributed by atoms with Gasteiger partial charge in [-0.1, -0.05) is 78.9 Å². The minimum atomic E-state index is -0.272. The zero-order chi connectivity index (χ0) is 18.6. The number of benzene rings is 3. The number of aromatic nitrogens is 3. The molecule has 0 aliphatic carbocycles. The van der Waals surface area contributed by atoms with Crippen molar-refractivity contribution < 1.29 is 0 Å². The van der Waals surface area contributed by atoms with E-state index in [9.17, 15) is 0 Å². The summed E-state index contributed by atoms with van der Waals surface area (Å²) in [5.41, 5.74) is 10.2. The molecule has 0 spiro atoms. The second-order valence-electron chi connectivity index (χ2n) is 6.44. The summed E-state index contributed by atoms with van der Waals surface area (Å²) in [5, 5.41) is 0. The van der Waals surface area contributed by atoms with E-state index in [1.54, 1.807) is 0 Å². The van der Waals surface area contributed by atoms with E-state index in [4.69, 9.17) is 10.7 Å². The molecular weight excluding hydrogens is 332 g/mol. The third kappa shape index (κ3) is 3.76. The highest BCUT2D eigenvalue weighted by molar-refractivity contribution is 5.70. The van der Waals surface area contributed by atoms with Crippen LogP contribution in [0, 0.1) is 0 Å². The van der Waals surface area contributed by atoms with E-state index in [0.29, 0.717) is 17.5 Å². The SMILES string of the molecule is CC(N)c1nc(-c2ccccc2)nc(-c2cccc(-c3ccccc3)c2)n1. The van der Waals surface area contributed by atoms with Gasteiger partial charge in [-0.25, -0.2) is 15.0 Å². The molecule has 4 rings (SSSR count). The molecule has 0 radical (unpaired) electrons. The molecule has 132 valence electrons. The molecule has 1 atom stereocenters. The second kappa shape index (κ2) is 7.48. The van der Waals surface area contributed by atoms with Crippen LogP contribution in [0.3, 0.4) is 0 Å². The molecule has 0 saturated heterocycles. The predicted octanol–water partition coefficient (Wildman–Crippen LogP) is 4.89. The van der Waals surface area contributed by atoms with Gasteiger partial charge in [0.15, 0.2) is 11.6 Å². The van der Waals surface area contributed by atoms with Crippen molar-refractivity contribution in [1.82, 2.24) is 15.0 Å². The van der Waals surface area contributed by atoms with Crippen LogP contribution in [0.5, 0.6) is 0 Å². The molecule has 0 aliphatic rings. The van der Waals surface area contributed by atoms with Crippen LogP contribution in [0.25, 0.3) is 33.9 Å². The minimum absolute atomic E-state index is 0.272. The summed E-state index contributed by atoms with van der Waals surface area (Å²) in [4.78, 5) is 13.9. The largest absolute Gasteiger partial charge is 0.322 e. The standard InChI is InChI=1S/C23H20N4/c1-16(24)21-25-22(18-11-6-3-7-12-18)27-23(26-21)20-14-8-13-19(15-20)17-9-4-2-5-10-17/h2-16H,24H2,1H3. The first-order valence-corrected chi connectivity index (χ1v) is 8.93. The third-order valence-electron chi connectivity index (χ3n) is 4.32. The van der Waals surface area contributed by atoms with Gasteiger partial charge in [0.05, 0.1) is 6.04 Å². The first-order valence-electron chi connectivity index (χ1n) is 8.93. The molecule has 0 bridgehead atoms. The molecule has 3 aromatic carbocycles. The van der Waals surface area contributed by atoms with Crippen molar-refractivity contribution in [2.75, 3.05) is 0 Å². The summed E-state index contributed by atoms with van der Waals surface area (Å²) >= 11 is 0. The van der Waals surface area contributed by atoms with E-state index in [0.717, 1.165) is 22.3 Å². The number of hydrogen-bond donors (Lipinski definition) is 1. The maximum atomic E-state index is 6.08. The molecule has 4 heteroatoms. The van der Waals surface area contributed by atoms with Gasteiger partial charge < -0.3 is 5.73 Å². The fourth-order valence-corrected chi connectivity index (χ4v) is 2.91. The Morgan fingerprint density at radius 3 is 1.74 bits per heavy atom. The van der Waals surface area contributed by atoms with Crippen molar-refractivity contribution in [1.29, 1.82) is 0 Å². The van der Waals surface area contributed by atoms with Crippen molar-refractivity contribution in [2.24, 2.45) is 5.73 Å². The molecule has 1 heterocycles. The zero-order valence-electron chi connectivity index (χ0n) is 15.1.